The Bertz CT molecular complexity index is 702. The third-order valence-corrected chi connectivity index (χ3v) is 4.37. The van der Waals surface area contributed by atoms with Crippen LogP contribution >= 0.6 is 11.8 Å². The highest BCUT2D eigenvalue weighted by Gasteiger charge is 2.29. The summed E-state index contributed by atoms with van der Waals surface area (Å²) in [4.78, 5) is 0. The van der Waals surface area contributed by atoms with Crippen LogP contribution in [0.3, 0.4) is 0 Å². The molecule has 1 aliphatic rings. The summed E-state index contributed by atoms with van der Waals surface area (Å²) in [5, 5.41) is 18.2. The van der Waals surface area contributed by atoms with Crippen LogP contribution < -0.4 is 5.73 Å². The molecule has 5 nitrogen and oxygen atoms in total. The fourth-order valence-corrected chi connectivity index (χ4v) is 3.19. The van der Waals surface area contributed by atoms with Gasteiger partial charge in [-0.1, -0.05) is 17.8 Å². The zero-order valence-corrected chi connectivity index (χ0v) is 12.1. The molecule has 0 unspecified atom stereocenters. The molecule has 0 spiro atoms. The van der Waals surface area contributed by atoms with E-state index in [1.165, 1.54) is 23.9 Å². The van der Waals surface area contributed by atoms with Gasteiger partial charge in [-0.05, 0) is 30.5 Å². The molecule has 1 heterocycles. The molecule has 3 rings (SSSR count). The monoisotopic (exact) mass is 303 g/mol. The number of benzene rings is 1. The van der Waals surface area contributed by atoms with Gasteiger partial charge < -0.3 is 10.3 Å². The summed E-state index contributed by atoms with van der Waals surface area (Å²) in [6, 6.07) is 6.74. The van der Waals surface area contributed by atoms with Gasteiger partial charge in [-0.2, -0.15) is 5.26 Å². The largest absolute Gasteiger partial charge is 0.324 e. The Balaban J connectivity index is 1.80. The SMILES string of the molecule is N#Cc1cc(F)ccc1CSc1nnc(CN)n1C1CC1. The number of aromatic nitrogens is 3. The molecule has 1 aromatic heterocycles. The molecule has 1 saturated carbocycles. The quantitative estimate of drug-likeness (QED) is 0.858. The van der Waals surface area contributed by atoms with Crippen molar-refractivity contribution < 1.29 is 4.39 Å². The molecule has 1 fully saturated rings. The van der Waals surface area contributed by atoms with Crippen LogP contribution in [0.5, 0.6) is 0 Å². The van der Waals surface area contributed by atoms with E-state index in [9.17, 15) is 4.39 Å². The van der Waals surface area contributed by atoms with Gasteiger partial charge in [0.2, 0.25) is 0 Å². The van der Waals surface area contributed by atoms with E-state index < -0.39 is 5.82 Å². The Hall–Kier alpha value is -1.91. The second-order valence-electron chi connectivity index (χ2n) is 4.91. The van der Waals surface area contributed by atoms with E-state index in [2.05, 4.69) is 14.8 Å². The Labute approximate surface area is 126 Å². The van der Waals surface area contributed by atoms with Crippen LogP contribution in [0.4, 0.5) is 4.39 Å². The lowest BCUT2D eigenvalue weighted by molar-refractivity contribution is 0.625. The van der Waals surface area contributed by atoms with E-state index in [-0.39, 0.29) is 0 Å². The number of halogens is 1. The molecule has 21 heavy (non-hydrogen) atoms. The zero-order valence-electron chi connectivity index (χ0n) is 11.3. The van der Waals surface area contributed by atoms with Crippen LogP contribution in [-0.2, 0) is 12.3 Å². The third kappa shape index (κ3) is 2.91. The minimum absolute atomic E-state index is 0.360. The summed E-state index contributed by atoms with van der Waals surface area (Å²) >= 11 is 1.50. The molecule has 7 heteroatoms. The van der Waals surface area contributed by atoms with Crippen molar-refractivity contribution in [1.82, 2.24) is 14.8 Å². The van der Waals surface area contributed by atoms with Gasteiger partial charge in [-0.25, -0.2) is 4.39 Å². The van der Waals surface area contributed by atoms with Gasteiger partial charge >= 0.3 is 0 Å². The van der Waals surface area contributed by atoms with Crippen LogP contribution in [0.25, 0.3) is 0 Å². The molecule has 0 amide bonds. The Morgan fingerprint density at radius 2 is 2.24 bits per heavy atom. The summed E-state index contributed by atoms with van der Waals surface area (Å²) in [6.07, 6.45) is 2.25. The Kier molecular flexibility index (Phi) is 3.90. The first-order chi connectivity index (χ1) is 10.2. The lowest BCUT2D eigenvalue weighted by atomic mass is 10.1. The summed E-state index contributed by atoms with van der Waals surface area (Å²) < 4.78 is 15.2. The number of nitriles is 1. The zero-order chi connectivity index (χ0) is 14.8. The first-order valence-electron chi connectivity index (χ1n) is 6.68. The van der Waals surface area contributed by atoms with E-state index in [1.54, 1.807) is 6.07 Å². The lowest BCUT2D eigenvalue weighted by Crippen LogP contribution is -2.08. The van der Waals surface area contributed by atoms with Crippen LogP contribution in [-0.4, -0.2) is 14.8 Å². The first-order valence-corrected chi connectivity index (χ1v) is 7.66. The maximum Gasteiger partial charge on any atom is 0.191 e. The predicted molar refractivity (Wildman–Crippen MR) is 76.9 cm³/mol. The molecule has 0 atom stereocenters. The molecular formula is C14H14FN5S. The minimum atomic E-state index is -0.396. The lowest BCUT2D eigenvalue weighted by Gasteiger charge is -2.08. The minimum Gasteiger partial charge on any atom is -0.324 e. The van der Waals surface area contributed by atoms with Crippen molar-refractivity contribution in [3.8, 4) is 6.07 Å². The average Bonchev–Trinajstić information content (AvgIpc) is 3.25. The van der Waals surface area contributed by atoms with Crippen molar-refractivity contribution >= 4 is 11.8 Å². The maximum atomic E-state index is 13.1. The standard InChI is InChI=1S/C14H14FN5S/c15-11-2-1-9(10(5-11)6-16)8-21-14-19-18-13(7-17)20(14)12-3-4-12/h1-2,5,12H,3-4,7-8,17H2. The Morgan fingerprint density at radius 3 is 2.90 bits per heavy atom. The van der Waals surface area contributed by atoms with Gasteiger partial charge in [-0.3, -0.25) is 0 Å². The van der Waals surface area contributed by atoms with E-state index in [0.717, 1.165) is 29.4 Å². The number of hydrogen-bond acceptors (Lipinski definition) is 5. The van der Waals surface area contributed by atoms with E-state index in [1.807, 2.05) is 6.07 Å². The summed E-state index contributed by atoms with van der Waals surface area (Å²) in [6.45, 7) is 0.365. The summed E-state index contributed by atoms with van der Waals surface area (Å²) in [5.41, 5.74) is 6.84. The third-order valence-electron chi connectivity index (χ3n) is 3.38. The van der Waals surface area contributed by atoms with Gasteiger partial charge in [0.1, 0.15) is 11.6 Å². The highest BCUT2D eigenvalue weighted by molar-refractivity contribution is 7.98. The van der Waals surface area contributed by atoms with E-state index >= 15 is 0 Å². The van der Waals surface area contributed by atoms with Gasteiger partial charge in [0.05, 0.1) is 18.2 Å². The fourth-order valence-electron chi connectivity index (χ4n) is 2.17. The number of thioether (sulfide) groups is 1. The second-order valence-corrected chi connectivity index (χ2v) is 5.85. The van der Waals surface area contributed by atoms with Crippen molar-refractivity contribution in [2.75, 3.05) is 0 Å². The van der Waals surface area contributed by atoms with Gasteiger partial charge in [0.15, 0.2) is 5.16 Å². The normalized spacial score (nSPS) is 14.1. The molecule has 0 radical (unpaired) electrons. The van der Waals surface area contributed by atoms with Crippen LogP contribution in [0.2, 0.25) is 0 Å². The van der Waals surface area contributed by atoms with Gasteiger partial charge in [0.25, 0.3) is 0 Å². The average molecular weight is 303 g/mol. The molecule has 0 saturated heterocycles. The molecule has 2 N–H and O–H groups in total. The fraction of sp³-hybridized carbons (Fsp3) is 0.357. The second kappa shape index (κ2) is 5.84. The number of hydrogen-bond donors (Lipinski definition) is 1. The number of nitrogens with two attached hydrogens (primary N) is 1. The predicted octanol–water partition coefficient (Wildman–Crippen LogP) is 2.37. The van der Waals surface area contributed by atoms with Gasteiger partial charge in [-0.15, -0.1) is 10.2 Å². The van der Waals surface area contributed by atoms with Crippen LogP contribution in [0.15, 0.2) is 23.4 Å². The van der Waals surface area contributed by atoms with Crippen molar-refractivity contribution in [3.63, 3.8) is 0 Å². The molecule has 108 valence electrons. The van der Waals surface area contributed by atoms with Crippen LogP contribution in [0.1, 0.15) is 35.8 Å². The maximum absolute atomic E-state index is 13.1. The number of nitrogens with zero attached hydrogens (tertiary/aromatic N) is 4. The molecule has 1 aliphatic carbocycles. The summed E-state index contributed by atoms with van der Waals surface area (Å²) in [7, 11) is 0. The number of rotatable bonds is 5. The molecular weight excluding hydrogens is 289 g/mol. The van der Waals surface area contributed by atoms with Crippen molar-refractivity contribution in [2.45, 2.75) is 36.3 Å². The van der Waals surface area contributed by atoms with E-state index in [0.29, 0.717) is 23.9 Å². The van der Waals surface area contributed by atoms with Crippen molar-refractivity contribution in [2.24, 2.45) is 5.73 Å². The van der Waals surface area contributed by atoms with Crippen molar-refractivity contribution in [3.05, 3.63) is 41.0 Å². The van der Waals surface area contributed by atoms with Crippen molar-refractivity contribution in [1.29, 1.82) is 5.26 Å². The summed E-state index contributed by atoms with van der Waals surface area (Å²) in [5.74, 6) is 0.949. The molecule has 2 aromatic rings. The topological polar surface area (TPSA) is 80.5 Å². The molecule has 0 bridgehead atoms. The first kappa shape index (κ1) is 14.0. The Morgan fingerprint density at radius 1 is 1.43 bits per heavy atom. The molecule has 1 aromatic carbocycles. The smallest absolute Gasteiger partial charge is 0.191 e. The molecule has 0 aliphatic heterocycles. The van der Waals surface area contributed by atoms with E-state index in [4.69, 9.17) is 11.0 Å². The highest BCUT2D eigenvalue weighted by atomic mass is 32.2. The highest BCUT2D eigenvalue weighted by Crippen LogP contribution is 2.39. The van der Waals surface area contributed by atoms with Gasteiger partial charge in [0, 0.05) is 11.8 Å². The van der Waals surface area contributed by atoms with Crippen LogP contribution in [0, 0.1) is 17.1 Å².